The van der Waals surface area contributed by atoms with Crippen molar-refractivity contribution in [3.63, 3.8) is 0 Å². The molecule has 5 heteroatoms. The van der Waals surface area contributed by atoms with Crippen molar-refractivity contribution < 1.29 is 4.42 Å². The SMILES string of the molecule is CC(C)(C)c1ccc(-c2ccc(-c3ccc(C(C)(C)C)cc3)c3nc(-c4ccc(N(c5ccccc5)c5ccc(-c6nc7ccccc7o6)cc5)cc4)c(-c4ccccc4)nc23)cc1. The molecule has 0 atom stereocenters. The van der Waals surface area contributed by atoms with Gasteiger partial charge in [-0.2, -0.15) is 0 Å². The van der Waals surface area contributed by atoms with Crippen LogP contribution in [0.1, 0.15) is 52.7 Å². The largest absolute Gasteiger partial charge is 0.436 e. The fourth-order valence-electron chi connectivity index (χ4n) is 8.44. The van der Waals surface area contributed by atoms with Crippen molar-refractivity contribution in [1.82, 2.24) is 15.0 Å². The van der Waals surface area contributed by atoms with Crippen LogP contribution in [-0.2, 0) is 10.8 Å². The predicted octanol–water partition coefficient (Wildman–Crippen LogP) is 16.2. The molecule has 0 amide bonds. The van der Waals surface area contributed by atoms with Crippen molar-refractivity contribution in [2.75, 3.05) is 4.90 Å². The number of oxazole rings is 1. The van der Waals surface area contributed by atoms with Crippen LogP contribution in [0.4, 0.5) is 17.1 Å². The fraction of sp³-hybridized carbons (Fsp3) is 0.136. The number of aromatic nitrogens is 3. The van der Waals surface area contributed by atoms with Gasteiger partial charge in [-0.3, -0.25) is 0 Å². The van der Waals surface area contributed by atoms with Crippen LogP contribution in [0.5, 0.6) is 0 Å². The lowest BCUT2D eigenvalue weighted by Gasteiger charge is -2.26. The van der Waals surface area contributed by atoms with Crippen LogP contribution in [0.15, 0.2) is 199 Å². The molecule has 0 N–H and O–H groups in total. The number of anilines is 3. The molecule has 0 aliphatic carbocycles. The van der Waals surface area contributed by atoms with Crippen molar-refractivity contribution in [2.24, 2.45) is 0 Å². The van der Waals surface area contributed by atoms with E-state index in [0.29, 0.717) is 5.89 Å². The van der Waals surface area contributed by atoms with E-state index in [1.807, 2.05) is 36.4 Å². The Morgan fingerprint density at radius 2 is 0.766 bits per heavy atom. The summed E-state index contributed by atoms with van der Waals surface area (Å²) in [5.41, 5.74) is 18.0. The third kappa shape index (κ3) is 7.86. The second kappa shape index (κ2) is 16.2. The molecule has 0 fully saturated rings. The highest BCUT2D eigenvalue weighted by atomic mass is 16.3. The second-order valence-electron chi connectivity index (χ2n) is 18.6. The van der Waals surface area contributed by atoms with Gasteiger partial charge < -0.3 is 9.32 Å². The molecule has 2 heterocycles. The fourth-order valence-corrected chi connectivity index (χ4v) is 8.44. The molecule has 0 spiro atoms. The maximum absolute atomic E-state index is 6.10. The van der Waals surface area contributed by atoms with E-state index >= 15 is 0 Å². The van der Waals surface area contributed by atoms with E-state index in [2.05, 4.69) is 204 Å². The molecule has 2 aromatic heterocycles. The second-order valence-corrected chi connectivity index (χ2v) is 18.6. The van der Waals surface area contributed by atoms with Crippen LogP contribution in [0.3, 0.4) is 0 Å². The van der Waals surface area contributed by atoms with Crippen LogP contribution in [0.25, 0.3) is 78.4 Å². The lowest BCUT2D eigenvalue weighted by Crippen LogP contribution is -2.10. The average molecular weight is 831 g/mol. The molecule has 64 heavy (non-hydrogen) atoms. The molecule has 0 bridgehead atoms. The summed E-state index contributed by atoms with van der Waals surface area (Å²) in [6.07, 6.45) is 0. The molecule has 0 aliphatic heterocycles. The zero-order valence-electron chi connectivity index (χ0n) is 37.2. The summed E-state index contributed by atoms with van der Waals surface area (Å²) in [6, 6.07) is 68.2. The molecule has 10 rings (SSSR count). The standard InChI is InChI=1S/C59H50N4O/c1-58(2,3)44-29-21-39(22-30-44)49-37-38-50(40-23-31-45(32-24-40)59(4,5)6)56-55(49)61-53(41-15-9-7-10-16-41)54(62-56)42-25-33-47(34-26-42)63(46-17-11-8-12-18-46)48-35-27-43(28-36-48)57-60-51-19-13-14-20-52(51)64-57/h7-38H,1-6H3. The summed E-state index contributed by atoms with van der Waals surface area (Å²) < 4.78 is 6.10. The number of hydrogen-bond acceptors (Lipinski definition) is 5. The first-order chi connectivity index (χ1) is 31.0. The van der Waals surface area contributed by atoms with Crippen LogP contribution >= 0.6 is 0 Å². The minimum Gasteiger partial charge on any atom is -0.436 e. The quantitative estimate of drug-likeness (QED) is 0.153. The van der Waals surface area contributed by atoms with E-state index in [1.165, 1.54) is 11.1 Å². The Hall–Kier alpha value is -7.63. The highest BCUT2D eigenvalue weighted by molar-refractivity contribution is 6.03. The normalized spacial score (nSPS) is 11.9. The van der Waals surface area contributed by atoms with E-state index < -0.39 is 0 Å². The van der Waals surface area contributed by atoms with E-state index in [-0.39, 0.29) is 10.8 Å². The Labute approximate surface area is 375 Å². The number of benzene rings is 8. The number of para-hydroxylation sites is 3. The Morgan fingerprint density at radius 3 is 1.25 bits per heavy atom. The highest BCUT2D eigenvalue weighted by Crippen LogP contribution is 2.42. The maximum atomic E-state index is 6.10. The molecule has 312 valence electrons. The van der Waals surface area contributed by atoms with E-state index in [0.717, 1.165) is 89.5 Å². The highest BCUT2D eigenvalue weighted by Gasteiger charge is 2.22. The minimum absolute atomic E-state index is 0.0416. The third-order valence-electron chi connectivity index (χ3n) is 12.1. The summed E-state index contributed by atoms with van der Waals surface area (Å²) in [6.45, 7) is 13.5. The molecule has 0 saturated heterocycles. The Bertz CT molecular complexity index is 3200. The smallest absolute Gasteiger partial charge is 0.227 e. The van der Waals surface area contributed by atoms with Gasteiger partial charge in [0.25, 0.3) is 0 Å². The summed E-state index contributed by atoms with van der Waals surface area (Å²) >= 11 is 0. The van der Waals surface area contributed by atoms with Crippen molar-refractivity contribution in [2.45, 2.75) is 52.4 Å². The van der Waals surface area contributed by atoms with E-state index in [4.69, 9.17) is 19.4 Å². The number of nitrogens with zero attached hydrogens (tertiary/aromatic N) is 4. The number of fused-ring (bicyclic) bond motifs is 2. The van der Waals surface area contributed by atoms with Crippen molar-refractivity contribution in [1.29, 1.82) is 0 Å². The Balaban J connectivity index is 1.11. The summed E-state index contributed by atoms with van der Waals surface area (Å²) in [7, 11) is 0. The van der Waals surface area contributed by atoms with Crippen molar-refractivity contribution in [3.8, 4) is 56.2 Å². The Kier molecular flexibility index (Phi) is 10.3. The first-order valence-corrected chi connectivity index (χ1v) is 22.0. The molecule has 0 aliphatic rings. The van der Waals surface area contributed by atoms with Gasteiger partial charge in [0.1, 0.15) is 5.52 Å². The van der Waals surface area contributed by atoms with Gasteiger partial charge in [-0.25, -0.2) is 15.0 Å². The van der Waals surface area contributed by atoms with Gasteiger partial charge in [0.2, 0.25) is 5.89 Å². The molecule has 5 nitrogen and oxygen atoms in total. The average Bonchev–Trinajstić information content (AvgIpc) is 3.76. The van der Waals surface area contributed by atoms with Gasteiger partial charge in [-0.05, 0) is 93.7 Å². The first-order valence-electron chi connectivity index (χ1n) is 22.0. The molecule has 0 radical (unpaired) electrons. The van der Waals surface area contributed by atoms with Crippen molar-refractivity contribution in [3.05, 3.63) is 205 Å². The third-order valence-corrected chi connectivity index (χ3v) is 12.1. The topological polar surface area (TPSA) is 55.1 Å². The molecule has 10 aromatic rings. The van der Waals surface area contributed by atoms with Gasteiger partial charge >= 0.3 is 0 Å². The van der Waals surface area contributed by atoms with Gasteiger partial charge in [0.05, 0.1) is 22.4 Å². The molecular weight excluding hydrogens is 781 g/mol. The summed E-state index contributed by atoms with van der Waals surface area (Å²) in [5, 5.41) is 0. The summed E-state index contributed by atoms with van der Waals surface area (Å²) in [5.74, 6) is 0.602. The first kappa shape index (κ1) is 40.4. The van der Waals surface area contributed by atoms with Gasteiger partial charge in [0, 0.05) is 44.9 Å². The van der Waals surface area contributed by atoms with E-state index in [9.17, 15) is 0 Å². The Morgan fingerprint density at radius 1 is 0.359 bits per heavy atom. The van der Waals surface area contributed by atoms with Crippen LogP contribution < -0.4 is 4.90 Å². The monoisotopic (exact) mass is 830 g/mol. The lowest BCUT2D eigenvalue weighted by molar-refractivity contribution is 0.590. The zero-order valence-corrected chi connectivity index (χ0v) is 37.2. The predicted molar refractivity (Wildman–Crippen MR) is 266 cm³/mol. The van der Waals surface area contributed by atoms with Gasteiger partial charge in [-0.1, -0.05) is 175 Å². The van der Waals surface area contributed by atoms with Gasteiger partial charge in [-0.15, -0.1) is 0 Å². The molecule has 0 unspecified atom stereocenters. The molecule has 8 aromatic carbocycles. The van der Waals surface area contributed by atoms with Crippen LogP contribution in [0.2, 0.25) is 0 Å². The zero-order chi connectivity index (χ0) is 44.0. The summed E-state index contributed by atoms with van der Waals surface area (Å²) in [4.78, 5) is 18.3. The van der Waals surface area contributed by atoms with E-state index in [1.54, 1.807) is 0 Å². The molecule has 0 saturated carbocycles. The number of rotatable bonds is 8. The maximum Gasteiger partial charge on any atom is 0.227 e. The molecular formula is C59H50N4O. The van der Waals surface area contributed by atoms with Gasteiger partial charge in [0.15, 0.2) is 5.58 Å². The van der Waals surface area contributed by atoms with Crippen LogP contribution in [-0.4, -0.2) is 15.0 Å². The minimum atomic E-state index is 0.0416. The lowest BCUT2D eigenvalue weighted by atomic mass is 9.85. The van der Waals surface area contributed by atoms with Crippen LogP contribution in [0, 0.1) is 0 Å². The van der Waals surface area contributed by atoms with Crippen molar-refractivity contribution >= 4 is 39.2 Å². The number of hydrogen-bond donors (Lipinski definition) is 0.